The van der Waals surface area contributed by atoms with Crippen LogP contribution in [0, 0.1) is 0 Å². The van der Waals surface area contributed by atoms with Gasteiger partial charge in [0.1, 0.15) is 17.6 Å². The minimum Gasteiger partial charge on any atom is -0.493 e. The van der Waals surface area contributed by atoms with Gasteiger partial charge in [-0.05, 0) is 83.6 Å². The van der Waals surface area contributed by atoms with E-state index in [9.17, 15) is 25.2 Å². The average molecular weight is 768 g/mol. The van der Waals surface area contributed by atoms with Crippen LogP contribution in [0.3, 0.4) is 0 Å². The van der Waals surface area contributed by atoms with Gasteiger partial charge in [-0.3, -0.25) is 4.79 Å². The standard InChI is InChI=1S/C43H49N3O10/c1-52-39-20-28(36-22-38(56-46-36)29-18-30(23-47)34(26-50)31(19-29)24-48)21-40(53-2)41(39)55-16-10-6-4-3-5-9-15-54-37-14-13-27(17-32(37)25-49)42-44-35-12-8-7-11-33(35)43(51)45-42/h7-8,11-14,17-22,42,44,47-50H,3-6,9-10,15-16,23-26H2,1-2H3,(H,45,51). The van der Waals surface area contributed by atoms with Gasteiger partial charge in [-0.15, -0.1) is 0 Å². The second-order valence-electron chi connectivity index (χ2n) is 13.5. The van der Waals surface area contributed by atoms with Crippen LogP contribution in [-0.2, 0) is 26.4 Å². The molecule has 0 aliphatic carbocycles. The van der Waals surface area contributed by atoms with Gasteiger partial charge in [0.25, 0.3) is 5.91 Å². The molecule has 1 aromatic heterocycles. The van der Waals surface area contributed by atoms with E-state index in [1.54, 1.807) is 50.6 Å². The van der Waals surface area contributed by atoms with E-state index in [1.807, 2.05) is 36.4 Å². The van der Waals surface area contributed by atoms with E-state index in [4.69, 9.17) is 23.5 Å². The number of unbranched alkanes of at least 4 members (excludes halogenated alkanes) is 5. The molecular weight excluding hydrogens is 718 g/mol. The summed E-state index contributed by atoms with van der Waals surface area (Å²) in [5.41, 5.74) is 6.19. The molecule has 0 radical (unpaired) electrons. The molecule has 0 spiro atoms. The number of amides is 1. The quantitative estimate of drug-likeness (QED) is 0.0465. The Morgan fingerprint density at radius 3 is 1.95 bits per heavy atom. The number of carbonyl (C=O) groups excluding carboxylic acids is 1. The number of nitrogens with zero attached hydrogens (tertiary/aromatic N) is 1. The van der Waals surface area contributed by atoms with Gasteiger partial charge in [-0.1, -0.05) is 49.0 Å². The van der Waals surface area contributed by atoms with Crippen molar-refractivity contribution in [3.05, 3.63) is 106 Å². The Kier molecular flexibility index (Phi) is 13.8. The van der Waals surface area contributed by atoms with Crippen LogP contribution in [0.1, 0.15) is 82.9 Å². The maximum atomic E-state index is 12.6. The summed E-state index contributed by atoms with van der Waals surface area (Å²) in [5, 5.41) is 49.9. The lowest BCUT2D eigenvalue weighted by Gasteiger charge is -2.28. The third kappa shape index (κ3) is 9.25. The molecule has 1 unspecified atom stereocenters. The summed E-state index contributed by atoms with van der Waals surface area (Å²) in [5.74, 6) is 2.41. The van der Waals surface area contributed by atoms with Crippen LogP contribution in [0.25, 0.3) is 22.6 Å². The first-order valence-electron chi connectivity index (χ1n) is 18.8. The van der Waals surface area contributed by atoms with E-state index in [0.717, 1.165) is 49.8 Å². The van der Waals surface area contributed by atoms with Gasteiger partial charge in [0.2, 0.25) is 5.75 Å². The third-order valence-electron chi connectivity index (χ3n) is 9.86. The van der Waals surface area contributed by atoms with E-state index < -0.39 is 6.17 Å². The number of ether oxygens (including phenoxy) is 4. The molecular formula is C43H49N3O10. The summed E-state index contributed by atoms with van der Waals surface area (Å²) >= 11 is 0. The summed E-state index contributed by atoms with van der Waals surface area (Å²) < 4.78 is 29.1. The van der Waals surface area contributed by atoms with Crippen molar-refractivity contribution in [3.8, 4) is 45.6 Å². The van der Waals surface area contributed by atoms with Crippen molar-refractivity contribution in [2.45, 2.75) is 71.1 Å². The van der Waals surface area contributed by atoms with Crippen molar-refractivity contribution in [1.82, 2.24) is 10.5 Å². The smallest absolute Gasteiger partial charge is 0.255 e. The molecule has 13 nitrogen and oxygen atoms in total. The molecule has 0 fully saturated rings. The van der Waals surface area contributed by atoms with Gasteiger partial charge >= 0.3 is 0 Å². The summed E-state index contributed by atoms with van der Waals surface area (Å²) in [6, 6.07) is 21.8. The first kappa shape index (κ1) is 40.1. The summed E-state index contributed by atoms with van der Waals surface area (Å²) in [6.45, 7) is -0.0394. The Morgan fingerprint density at radius 1 is 0.661 bits per heavy atom. The van der Waals surface area contributed by atoms with Crippen molar-refractivity contribution in [3.63, 3.8) is 0 Å². The summed E-state index contributed by atoms with van der Waals surface area (Å²) in [6.07, 6.45) is 5.45. The Balaban J connectivity index is 0.940. The highest BCUT2D eigenvalue weighted by atomic mass is 16.5. The van der Waals surface area contributed by atoms with Gasteiger partial charge in [-0.2, -0.15) is 0 Å². The predicted octanol–water partition coefficient (Wildman–Crippen LogP) is 6.65. The highest BCUT2D eigenvalue weighted by Gasteiger charge is 2.25. The van der Waals surface area contributed by atoms with Crippen LogP contribution in [-0.4, -0.2) is 58.9 Å². The molecule has 1 amide bonds. The number of methoxy groups -OCH3 is 2. The molecule has 5 aromatic rings. The molecule has 6 N–H and O–H groups in total. The van der Waals surface area contributed by atoms with Crippen LogP contribution in [0.5, 0.6) is 23.0 Å². The monoisotopic (exact) mass is 767 g/mol. The van der Waals surface area contributed by atoms with Gasteiger partial charge in [0.15, 0.2) is 17.3 Å². The second kappa shape index (κ2) is 19.3. The topological polar surface area (TPSA) is 185 Å². The first-order chi connectivity index (χ1) is 27.4. The average Bonchev–Trinajstić information content (AvgIpc) is 3.74. The second-order valence-corrected chi connectivity index (χ2v) is 13.5. The number of rotatable bonds is 20. The summed E-state index contributed by atoms with van der Waals surface area (Å²) in [4.78, 5) is 12.6. The van der Waals surface area contributed by atoms with E-state index >= 15 is 0 Å². The lowest BCUT2D eigenvalue weighted by atomic mass is 9.97. The number of benzene rings is 4. The lowest BCUT2D eigenvalue weighted by Crippen LogP contribution is -2.38. The maximum absolute atomic E-state index is 12.6. The van der Waals surface area contributed by atoms with E-state index in [2.05, 4.69) is 15.8 Å². The Bertz CT molecular complexity index is 2050. The van der Waals surface area contributed by atoms with Crippen molar-refractivity contribution in [1.29, 1.82) is 0 Å². The zero-order chi connectivity index (χ0) is 39.4. The van der Waals surface area contributed by atoms with Crippen molar-refractivity contribution >= 4 is 11.6 Å². The fraction of sp³-hybridized carbons (Fsp3) is 0.349. The van der Waals surface area contributed by atoms with Gasteiger partial charge in [0, 0.05) is 28.4 Å². The number of aliphatic hydroxyl groups is 4. The fourth-order valence-corrected chi connectivity index (χ4v) is 6.83. The molecule has 4 aromatic carbocycles. The van der Waals surface area contributed by atoms with Crippen LogP contribution in [0.2, 0.25) is 0 Å². The highest BCUT2D eigenvalue weighted by Crippen LogP contribution is 2.42. The van der Waals surface area contributed by atoms with Crippen molar-refractivity contribution in [2.75, 3.05) is 32.8 Å². The molecule has 56 heavy (non-hydrogen) atoms. The van der Waals surface area contributed by atoms with Crippen LogP contribution in [0.4, 0.5) is 5.69 Å². The van der Waals surface area contributed by atoms with Crippen LogP contribution < -0.4 is 29.6 Å². The molecule has 296 valence electrons. The lowest BCUT2D eigenvalue weighted by molar-refractivity contribution is 0.0935. The highest BCUT2D eigenvalue weighted by molar-refractivity contribution is 6.01. The number of carbonyl (C=O) groups is 1. The molecule has 0 saturated carbocycles. The fourth-order valence-electron chi connectivity index (χ4n) is 6.83. The number of fused-ring (bicyclic) bond motifs is 1. The number of para-hydroxylation sites is 1. The molecule has 0 bridgehead atoms. The van der Waals surface area contributed by atoms with Gasteiger partial charge in [-0.25, -0.2) is 0 Å². The molecule has 2 heterocycles. The molecule has 1 atom stereocenters. The van der Waals surface area contributed by atoms with Gasteiger partial charge < -0.3 is 54.5 Å². The predicted molar refractivity (Wildman–Crippen MR) is 210 cm³/mol. The third-order valence-corrected chi connectivity index (χ3v) is 9.86. The molecule has 0 saturated heterocycles. The molecule has 6 rings (SSSR count). The molecule has 13 heteroatoms. The maximum Gasteiger partial charge on any atom is 0.255 e. The Morgan fingerprint density at radius 2 is 1.30 bits per heavy atom. The normalized spacial score (nSPS) is 13.5. The Hall–Kier alpha value is -5.60. The number of nitrogens with one attached hydrogen (secondary N) is 2. The molecule has 1 aliphatic heterocycles. The number of aliphatic hydroxyl groups excluding tert-OH is 4. The van der Waals surface area contributed by atoms with Crippen LogP contribution in [0.15, 0.2) is 77.3 Å². The number of hydrogen-bond acceptors (Lipinski definition) is 12. The van der Waals surface area contributed by atoms with E-state index in [-0.39, 0.29) is 32.3 Å². The summed E-state index contributed by atoms with van der Waals surface area (Å²) in [7, 11) is 3.13. The molecule has 1 aliphatic rings. The van der Waals surface area contributed by atoms with Crippen molar-refractivity contribution in [2.24, 2.45) is 0 Å². The largest absolute Gasteiger partial charge is 0.493 e. The SMILES string of the molecule is COc1cc(-c2cc(-c3cc(CO)c(CO)c(CO)c3)on2)cc(OC)c1OCCCCCCCCOc1ccc(C2NC(=O)c3ccccc3N2)cc1CO. The van der Waals surface area contributed by atoms with Crippen LogP contribution >= 0.6 is 0 Å². The zero-order valence-electron chi connectivity index (χ0n) is 31.7. The minimum atomic E-state index is -0.401. The Labute approximate surface area is 325 Å². The number of anilines is 1. The minimum absolute atomic E-state index is 0.142. The number of aromatic nitrogens is 1. The zero-order valence-corrected chi connectivity index (χ0v) is 31.7. The van der Waals surface area contributed by atoms with Gasteiger partial charge in [0.05, 0.1) is 59.4 Å². The van der Waals surface area contributed by atoms with Crippen molar-refractivity contribution < 1.29 is 48.7 Å². The number of hydrogen-bond donors (Lipinski definition) is 6. The van der Waals surface area contributed by atoms with E-state index in [1.165, 1.54) is 0 Å². The first-order valence-corrected chi connectivity index (χ1v) is 18.8. The van der Waals surface area contributed by atoms with E-state index in [0.29, 0.717) is 86.6 Å².